The third-order valence-corrected chi connectivity index (χ3v) is 8.67. The van der Waals surface area contributed by atoms with E-state index in [-0.39, 0.29) is 37.1 Å². The Kier molecular flexibility index (Phi) is 14.4. The highest BCUT2D eigenvalue weighted by molar-refractivity contribution is 7.94. The van der Waals surface area contributed by atoms with Gasteiger partial charge in [0, 0.05) is 16.9 Å². The van der Waals surface area contributed by atoms with Gasteiger partial charge in [-0.3, -0.25) is 13.8 Å². The first-order valence-corrected chi connectivity index (χ1v) is 16.6. The molecule has 0 aliphatic heterocycles. The molecular formula is C34H50O7S2. The number of esters is 2. The zero-order valence-electron chi connectivity index (χ0n) is 27.4. The SMILES string of the molecule is Cc1ccc(SOC(C)COC(=O)C(CC(C(=O)OC(C)COS(=O)c2ccc(C)cc2)C(C)(C)C)CC(C)(C)C)cc1. The van der Waals surface area contributed by atoms with Crippen LogP contribution in [0.15, 0.2) is 58.3 Å². The van der Waals surface area contributed by atoms with Crippen LogP contribution in [-0.2, 0) is 38.5 Å². The molecule has 0 saturated heterocycles. The predicted octanol–water partition coefficient (Wildman–Crippen LogP) is 8.03. The second-order valence-electron chi connectivity index (χ2n) is 13.6. The number of benzene rings is 2. The van der Waals surface area contributed by atoms with Gasteiger partial charge in [-0.2, -0.15) is 0 Å². The van der Waals surface area contributed by atoms with E-state index < -0.39 is 40.4 Å². The lowest BCUT2D eigenvalue weighted by Gasteiger charge is -2.34. The molecule has 0 N–H and O–H groups in total. The number of rotatable bonds is 15. The maximum Gasteiger partial charge on any atom is 0.309 e. The molecule has 0 aliphatic carbocycles. The van der Waals surface area contributed by atoms with E-state index >= 15 is 0 Å². The minimum atomic E-state index is -1.67. The first-order chi connectivity index (χ1) is 19.9. The van der Waals surface area contributed by atoms with E-state index in [1.807, 2.05) is 77.9 Å². The van der Waals surface area contributed by atoms with Crippen molar-refractivity contribution >= 4 is 35.1 Å². The van der Waals surface area contributed by atoms with Crippen LogP contribution >= 0.6 is 12.0 Å². The van der Waals surface area contributed by atoms with Gasteiger partial charge in [-0.15, -0.1) is 0 Å². The third kappa shape index (κ3) is 14.0. The van der Waals surface area contributed by atoms with Crippen LogP contribution in [0.1, 0.15) is 79.4 Å². The van der Waals surface area contributed by atoms with Crippen LogP contribution in [-0.4, -0.2) is 41.6 Å². The van der Waals surface area contributed by atoms with Crippen molar-refractivity contribution < 1.29 is 31.6 Å². The molecule has 0 spiro atoms. The Morgan fingerprint density at radius 2 is 1.37 bits per heavy atom. The van der Waals surface area contributed by atoms with E-state index in [2.05, 4.69) is 20.8 Å². The quantitative estimate of drug-likeness (QED) is 0.144. The van der Waals surface area contributed by atoms with E-state index in [1.54, 1.807) is 19.1 Å². The maximum absolute atomic E-state index is 13.5. The van der Waals surface area contributed by atoms with Crippen molar-refractivity contribution in [2.24, 2.45) is 22.7 Å². The summed E-state index contributed by atoms with van der Waals surface area (Å²) in [7, 11) is 0. The van der Waals surface area contributed by atoms with Gasteiger partial charge >= 0.3 is 11.9 Å². The molecule has 2 rings (SSSR count). The Morgan fingerprint density at radius 1 is 0.814 bits per heavy atom. The lowest BCUT2D eigenvalue weighted by atomic mass is 9.72. The number of carbonyl (C=O) groups is 2. The lowest BCUT2D eigenvalue weighted by Crippen LogP contribution is -2.37. The van der Waals surface area contributed by atoms with Crippen LogP contribution in [0, 0.1) is 36.5 Å². The van der Waals surface area contributed by atoms with Crippen molar-refractivity contribution in [3.63, 3.8) is 0 Å². The first kappa shape index (κ1) is 37.0. The minimum absolute atomic E-state index is 0.0188. The molecule has 5 atom stereocenters. The molecule has 9 heteroatoms. The van der Waals surface area contributed by atoms with E-state index in [1.165, 1.54) is 17.6 Å². The standard InChI is InChI=1S/C34H50O7S2/c1-23-11-15-28(16-12-23)42-41-26(4)21-38-31(35)27(20-33(5,6)7)19-30(34(8,9)10)32(36)40-25(3)22-39-43(37)29-17-13-24(2)14-18-29/h11-18,25-27,30H,19-22H2,1-10H3. The molecule has 0 aromatic heterocycles. The van der Waals surface area contributed by atoms with Crippen molar-refractivity contribution in [3.8, 4) is 0 Å². The molecule has 0 amide bonds. The number of hydrogen-bond acceptors (Lipinski definition) is 8. The molecule has 0 aliphatic rings. The summed E-state index contributed by atoms with van der Waals surface area (Å²) < 4.78 is 35.3. The topological polar surface area (TPSA) is 88.1 Å². The van der Waals surface area contributed by atoms with Gasteiger partial charge in [0.1, 0.15) is 25.4 Å². The monoisotopic (exact) mass is 634 g/mol. The summed E-state index contributed by atoms with van der Waals surface area (Å²) in [6.07, 6.45) is -0.105. The van der Waals surface area contributed by atoms with Gasteiger partial charge in [-0.05, 0) is 75.6 Å². The first-order valence-electron chi connectivity index (χ1n) is 14.8. The van der Waals surface area contributed by atoms with Crippen LogP contribution < -0.4 is 0 Å². The molecule has 5 unspecified atom stereocenters. The zero-order chi connectivity index (χ0) is 32.4. The molecule has 0 heterocycles. The van der Waals surface area contributed by atoms with Crippen molar-refractivity contribution in [2.45, 2.75) is 104 Å². The van der Waals surface area contributed by atoms with E-state index in [4.69, 9.17) is 17.8 Å². The molecule has 7 nitrogen and oxygen atoms in total. The zero-order valence-corrected chi connectivity index (χ0v) is 29.1. The molecule has 43 heavy (non-hydrogen) atoms. The molecule has 0 radical (unpaired) electrons. The normalized spacial score (nSPS) is 15.7. The van der Waals surface area contributed by atoms with Crippen LogP contribution in [0.4, 0.5) is 0 Å². The predicted molar refractivity (Wildman–Crippen MR) is 173 cm³/mol. The van der Waals surface area contributed by atoms with Crippen molar-refractivity contribution in [1.82, 2.24) is 0 Å². The summed E-state index contributed by atoms with van der Waals surface area (Å²) in [4.78, 5) is 28.4. The summed E-state index contributed by atoms with van der Waals surface area (Å²) in [6, 6.07) is 15.2. The molecule has 2 aromatic rings. The van der Waals surface area contributed by atoms with E-state index in [0.717, 1.165) is 10.5 Å². The second kappa shape index (κ2) is 16.8. The molecule has 0 fully saturated rings. The van der Waals surface area contributed by atoms with Gasteiger partial charge < -0.3 is 13.7 Å². The average molecular weight is 635 g/mol. The van der Waals surface area contributed by atoms with Crippen molar-refractivity contribution in [2.75, 3.05) is 13.2 Å². The minimum Gasteiger partial charge on any atom is -0.463 e. The largest absolute Gasteiger partial charge is 0.463 e. The smallest absolute Gasteiger partial charge is 0.309 e. The van der Waals surface area contributed by atoms with Gasteiger partial charge in [0.25, 0.3) is 0 Å². The summed E-state index contributed by atoms with van der Waals surface area (Å²) in [5.74, 6) is -1.84. The fourth-order valence-corrected chi connectivity index (χ4v) is 5.74. The van der Waals surface area contributed by atoms with Crippen molar-refractivity contribution in [3.05, 3.63) is 59.7 Å². The number of ether oxygens (including phenoxy) is 2. The molecule has 0 saturated carbocycles. The number of hydrogen-bond donors (Lipinski definition) is 0. The Bertz CT molecular complexity index is 1180. The highest BCUT2D eigenvalue weighted by Gasteiger charge is 2.39. The van der Waals surface area contributed by atoms with E-state index in [9.17, 15) is 13.8 Å². The van der Waals surface area contributed by atoms with Gasteiger partial charge in [0.2, 0.25) is 0 Å². The van der Waals surface area contributed by atoms with Gasteiger partial charge in [0.15, 0.2) is 11.1 Å². The third-order valence-electron chi connectivity index (χ3n) is 6.77. The average Bonchev–Trinajstić information content (AvgIpc) is 2.91. The Morgan fingerprint density at radius 3 is 1.91 bits per heavy atom. The number of aryl methyl sites for hydroxylation is 2. The molecule has 0 bridgehead atoms. The van der Waals surface area contributed by atoms with Gasteiger partial charge in [-0.1, -0.05) is 76.9 Å². The Balaban J connectivity index is 2.00. The van der Waals surface area contributed by atoms with Crippen LogP contribution in [0.5, 0.6) is 0 Å². The van der Waals surface area contributed by atoms with Crippen LogP contribution in [0.25, 0.3) is 0 Å². The number of carbonyl (C=O) groups excluding carboxylic acids is 2. The summed E-state index contributed by atoms with van der Waals surface area (Å²) >= 11 is -0.412. The molecular weight excluding hydrogens is 585 g/mol. The second-order valence-corrected chi connectivity index (χ2v) is 15.6. The van der Waals surface area contributed by atoms with Gasteiger partial charge in [0.05, 0.1) is 16.7 Å². The van der Waals surface area contributed by atoms with E-state index in [0.29, 0.717) is 11.3 Å². The highest BCUT2D eigenvalue weighted by Crippen LogP contribution is 2.37. The fourth-order valence-electron chi connectivity index (χ4n) is 4.36. The van der Waals surface area contributed by atoms with Crippen LogP contribution in [0.2, 0.25) is 0 Å². The molecule has 2 aromatic carbocycles. The highest BCUT2D eigenvalue weighted by atomic mass is 32.2. The lowest BCUT2D eigenvalue weighted by molar-refractivity contribution is -0.162. The fraction of sp³-hybridized carbons (Fsp3) is 0.588. The summed E-state index contributed by atoms with van der Waals surface area (Å²) in [5.41, 5.74) is 1.59. The summed E-state index contributed by atoms with van der Waals surface area (Å²) in [5, 5.41) is 0. The van der Waals surface area contributed by atoms with Crippen molar-refractivity contribution in [1.29, 1.82) is 0 Å². The maximum atomic E-state index is 13.5. The summed E-state index contributed by atoms with van der Waals surface area (Å²) in [6.45, 7) is 19.7. The van der Waals surface area contributed by atoms with Gasteiger partial charge in [-0.25, -0.2) is 4.21 Å². The van der Waals surface area contributed by atoms with Crippen LogP contribution in [0.3, 0.4) is 0 Å². The molecule has 240 valence electrons. The Labute approximate surface area is 265 Å². The Hall–Kier alpha value is -2.20.